The van der Waals surface area contributed by atoms with Gasteiger partial charge in [-0.3, -0.25) is 0 Å². The Labute approximate surface area is 299 Å². The number of hydrogen-bond donors (Lipinski definition) is 0. The van der Waals surface area contributed by atoms with Crippen LogP contribution in [0.2, 0.25) is 13.1 Å². The summed E-state index contributed by atoms with van der Waals surface area (Å²) >= 11 is -4.86. The van der Waals surface area contributed by atoms with E-state index in [2.05, 4.69) is 138 Å². The Morgan fingerprint density at radius 2 is 0.938 bits per heavy atom. The van der Waals surface area contributed by atoms with Crippen LogP contribution in [-0.2, 0) is 28.4 Å². The molecule has 0 spiro atoms. The molecule has 2 aliphatic rings. The van der Waals surface area contributed by atoms with E-state index in [1.165, 1.54) is 66.8 Å². The van der Waals surface area contributed by atoms with Crippen LogP contribution in [0.3, 0.4) is 0 Å². The molecule has 0 aliphatic heterocycles. The Morgan fingerprint density at radius 3 is 1.31 bits per heavy atom. The van der Waals surface area contributed by atoms with Gasteiger partial charge < -0.3 is 0 Å². The van der Waals surface area contributed by atoms with Crippen molar-refractivity contribution in [2.24, 2.45) is 0 Å². The van der Waals surface area contributed by atoms with E-state index in [9.17, 15) is 0 Å². The Balaban J connectivity index is 1.61. The van der Waals surface area contributed by atoms with Crippen molar-refractivity contribution in [1.82, 2.24) is 0 Å². The number of hydrogen-bond acceptors (Lipinski definition) is 0. The normalized spacial score (nSPS) is 17.9. The van der Waals surface area contributed by atoms with Gasteiger partial charge in [0.2, 0.25) is 0 Å². The molecule has 4 heteroatoms. The van der Waals surface area contributed by atoms with Gasteiger partial charge >= 0.3 is 302 Å². The van der Waals surface area contributed by atoms with E-state index in [4.69, 9.17) is 17.0 Å². The molecule has 4 aromatic carbocycles. The van der Waals surface area contributed by atoms with Crippen molar-refractivity contribution in [2.45, 2.75) is 99.4 Å². The summed E-state index contributed by atoms with van der Waals surface area (Å²) in [4.78, 5) is 0. The fourth-order valence-electron chi connectivity index (χ4n) is 8.91. The molecule has 0 radical (unpaired) electrons. The second-order valence-electron chi connectivity index (χ2n) is 14.5. The van der Waals surface area contributed by atoms with Crippen molar-refractivity contribution in [3.63, 3.8) is 0 Å². The SMILES string of the molecule is CCCCC1=Cc2c(-c3ccccc3CC)cccc2[CH]1[Zr]([Cl])([Cl])([CH]1C(CCCC)=Cc2c(-c3ccccc3CC)cccc21)[SiH](C)C. The molecule has 2 atom stereocenters. The second kappa shape index (κ2) is 14.7. The number of rotatable bonds is 13. The van der Waals surface area contributed by atoms with Crippen LogP contribution in [0.1, 0.15) is 107 Å². The van der Waals surface area contributed by atoms with Gasteiger partial charge in [-0.1, -0.05) is 0 Å². The first-order chi connectivity index (χ1) is 23.2. The van der Waals surface area contributed by atoms with E-state index in [1.54, 1.807) is 0 Å². The van der Waals surface area contributed by atoms with Crippen molar-refractivity contribution in [3.05, 3.63) is 129 Å². The fraction of sp³-hybridized carbons (Fsp3) is 0.364. The fourth-order valence-corrected chi connectivity index (χ4v) is 40.4. The van der Waals surface area contributed by atoms with Crippen molar-refractivity contribution in [1.29, 1.82) is 0 Å². The summed E-state index contributed by atoms with van der Waals surface area (Å²) in [6.07, 6.45) is 13.9. The number of halogens is 2. The van der Waals surface area contributed by atoms with Gasteiger partial charge in [0.25, 0.3) is 0 Å². The number of benzene rings is 4. The third-order valence-electron chi connectivity index (χ3n) is 11.5. The van der Waals surface area contributed by atoms with Crippen molar-refractivity contribution < 1.29 is 15.6 Å². The quantitative estimate of drug-likeness (QED) is 0.119. The molecule has 4 aromatic rings. The van der Waals surface area contributed by atoms with Crippen LogP contribution in [-0.4, -0.2) is 5.92 Å². The molecule has 251 valence electrons. The zero-order chi connectivity index (χ0) is 34.1. The summed E-state index contributed by atoms with van der Waals surface area (Å²) in [5, 5.41) is 0. The maximum atomic E-state index is 8.81. The van der Waals surface area contributed by atoms with Crippen LogP contribution >= 0.6 is 17.0 Å². The third-order valence-corrected chi connectivity index (χ3v) is 63.4. The van der Waals surface area contributed by atoms with Crippen LogP contribution in [0.15, 0.2) is 96.1 Å². The summed E-state index contributed by atoms with van der Waals surface area (Å²) < 4.78 is 0.258. The van der Waals surface area contributed by atoms with Crippen LogP contribution in [0.25, 0.3) is 34.4 Å². The van der Waals surface area contributed by atoms with Gasteiger partial charge in [-0.2, -0.15) is 0 Å². The molecule has 0 nitrogen and oxygen atoms in total. The second-order valence-corrected chi connectivity index (χ2v) is 57.0. The van der Waals surface area contributed by atoms with Crippen LogP contribution in [0.5, 0.6) is 0 Å². The minimum atomic E-state index is -4.86. The summed E-state index contributed by atoms with van der Waals surface area (Å²) in [7, 11) is 17.6. The predicted molar refractivity (Wildman–Crippen MR) is 214 cm³/mol. The summed E-state index contributed by atoms with van der Waals surface area (Å²) in [6.45, 7) is 14.1. The molecule has 0 aromatic heterocycles. The zero-order valence-corrected chi connectivity index (χ0v) is 35.0. The molecule has 0 N–H and O–H groups in total. The number of aryl methyl sites for hydroxylation is 2. The topological polar surface area (TPSA) is 0 Å². The molecule has 0 saturated carbocycles. The molecule has 2 aliphatic carbocycles. The van der Waals surface area contributed by atoms with Gasteiger partial charge in [-0.25, -0.2) is 0 Å². The first kappa shape index (κ1) is 35.9. The molecule has 0 amide bonds. The Kier molecular flexibility index (Phi) is 11.0. The minimum absolute atomic E-state index is 0.129. The molecule has 48 heavy (non-hydrogen) atoms. The Morgan fingerprint density at radius 1 is 0.542 bits per heavy atom. The Bertz CT molecular complexity index is 1740. The van der Waals surface area contributed by atoms with Gasteiger partial charge in [-0.05, 0) is 0 Å². The molecule has 0 bridgehead atoms. The Hall–Kier alpha value is -1.96. The molecule has 0 fully saturated rings. The van der Waals surface area contributed by atoms with Crippen LogP contribution in [0, 0.1) is 0 Å². The van der Waals surface area contributed by atoms with Crippen LogP contribution in [0.4, 0.5) is 0 Å². The molecule has 0 heterocycles. The van der Waals surface area contributed by atoms with Gasteiger partial charge in [0.05, 0.1) is 0 Å². The molecular formula is C44H53Cl2SiZr. The van der Waals surface area contributed by atoms with Gasteiger partial charge in [0, 0.05) is 0 Å². The summed E-state index contributed by atoms with van der Waals surface area (Å²) in [5.74, 6) is -1.64. The zero-order valence-electron chi connectivity index (χ0n) is 29.9. The average molecular weight is 772 g/mol. The molecule has 2 unspecified atom stereocenters. The molecule has 0 saturated heterocycles. The monoisotopic (exact) mass is 769 g/mol. The maximum absolute atomic E-state index is 8.81. The van der Waals surface area contributed by atoms with E-state index < -0.39 is 21.5 Å². The van der Waals surface area contributed by atoms with E-state index in [1.807, 2.05) is 0 Å². The standard InChI is InChI=1S/2C21H23.C2H7Si.2ClH.Zr/c2*1-3-5-9-16-14-18-11-8-13-20(21(18)15-16)19-12-7-6-10-17(19)4-2;1-3-2;;;/h2*6-8,10-15H,3-5,9H2,1-2H3;3H,1-2H3;2*1H;/q;;;;;+2/p-2. The van der Waals surface area contributed by atoms with E-state index in [-0.39, 0.29) is 7.25 Å². The van der Waals surface area contributed by atoms with E-state index >= 15 is 0 Å². The van der Waals surface area contributed by atoms with Gasteiger partial charge in [-0.15, -0.1) is 0 Å². The first-order valence-electron chi connectivity index (χ1n) is 18.6. The molecular weight excluding hydrogens is 719 g/mol. The van der Waals surface area contributed by atoms with Crippen LogP contribution < -0.4 is 0 Å². The third kappa shape index (κ3) is 6.06. The van der Waals surface area contributed by atoms with Gasteiger partial charge in [0.1, 0.15) is 0 Å². The number of unbranched alkanes of at least 4 members (excludes halogenated alkanes) is 2. The van der Waals surface area contributed by atoms with Crippen molar-refractivity contribution in [2.75, 3.05) is 0 Å². The predicted octanol–water partition coefficient (Wildman–Crippen LogP) is 14.1. The van der Waals surface area contributed by atoms with Crippen molar-refractivity contribution in [3.8, 4) is 22.3 Å². The summed E-state index contributed by atoms with van der Waals surface area (Å²) in [6, 6.07) is 31.9. The van der Waals surface area contributed by atoms with Gasteiger partial charge in [0.15, 0.2) is 0 Å². The van der Waals surface area contributed by atoms with Crippen molar-refractivity contribution >= 4 is 35.1 Å². The van der Waals surface area contributed by atoms with E-state index in [0.29, 0.717) is 0 Å². The summed E-state index contributed by atoms with van der Waals surface area (Å²) in [5.41, 5.74) is 16.7. The first-order valence-corrected chi connectivity index (χ1v) is 34.9. The number of fused-ring (bicyclic) bond motifs is 2. The average Bonchev–Trinajstić information content (AvgIpc) is 3.69. The number of allylic oxidation sites excluding steroid dienone is 2. The van der Waals surface area contributed by atoms with E-state index in [0.717, 1.165) is 51.4 Å². The molecule has 6 rings (SSSR count).